The van der Waals surface area contributed by atoms with E-state index >= 15 is 0 Å². The van der Waals surface area contributed by atoms with E-state index in [0.717, 1.165) is 63.3 Å². The number of piperidine rings is 1. The Morgan fingerprint density at radius 1 is 0.926 bits per heavy atom. The van der Waals surface area contributed by atoms with E-state index in [1.807, 2.05) is 57.2 Å². The van der Waals surface area contributed by atoms with Gasteiger partial charge in [0, 0.05) is 18.0 Å². The minimum absolute atomic E-state index is 0.367. The number of hydrogen-bond donors (Lipinski definition) is 1. The van der Waals surface area contributed by atoms with E-state index in [0.29, 0.717) is 11.5 Å². The molecule has 54 heavy (non-hydrogen) atoms. The van der Waals surface area contributed by atoms with Gasteiger partial charge in [0.2, 0.25) is 0 Å². The molecule has 1 saturated heterocycles. The molecule has 0 radical (unpaired) electrons. The molecule has 3 rings (SSSR count). The number of nitrogens with zero attached hydrogens (tertiary/aromatic N) is 2. The van der Waals surface area contributed by atoms with E-state index in [1.54, 1.807) is 12.1 Å². The summed E-state index contributed by atoms with van der Waals surface area (Å²) in [5.74, 6) is 2.15. The van der Waals surface area contributed by atoms with E-state index in [2.05, 4.69) is 129 Å². The summed E-state index contributed by atoms with van der Waals surface area (Å²) in [5, 5.41) is 11.3. The molecule has 0 bridgehead atoms. The zero-order valence-corrected chi connectivity index (χ0v) is 38.7. The number of likely N-dealkylation sites (tertiary alicyclic amines) is 1. The monoisotopic (exact) mass is 767 g/mol. The summed E-state index contributed by atoms with van der Waals surface area (Å²) >= 11 is 1.85. The van der Waals surface area contributed by atoms with Crippen LogP contribution >= 0.6 is 11.3 Å². The molecule has 1 aliphatic rings. The second-order valence-corrected chi connectivity index (χ2v) is 15.3. The van der Waals surface area contributed by atoms with Crippen LogP contribution < -0.4 is 0 Å². The van der Waals surface area contributed by atoms with E-state index < -0.39 is 5.97 Å². The molecular formula is C49H86N2O2S. The van der Waals surface area contributed by atoms with Crippen LogP contribution in [0.3, 0.4) is 0 Å². The van der Waals surface area contributed by atoms with Crippen molar-refractivity contribution in [3.63, 3.8) is 0 Å². The molecule has 0 amide bonds. The lowest BCUT2D eigenvalue weighted by atomic mass is 9.89. The van der Waals surface area contributed by atoms with Gasteiger partial charge >= 0.3 is 5.97 Å². The number of benzene rings is 1. The Morgan fingerprint density at radius 3 is 1.87 bits per heavy atom. The summed E-state index contributed by atoms with van der Waals surface area (Å²) in [6.45, 7) is 42.6. The number of carbonyl (C=O) groups is 1. The molecule has 0 spiro atoms. The lowest BCUT2D eigenvalue weighted by Crippen LogP contribution is -2.32. The predicted molar refractivity (Wildman–Crippen MR) is 247 cm³/mol. The third-order valence-electron chi connectivity index (χ3n) is 9.71. The maximum atomic E-state index is 11.0. The molecule has 0 unspecified atom stereocenters. The SMILES string of the molecule is C/C=C(\C)C(C)C.C/C=C(\C)c1csc(CN2CCC(c3ccc(C(=O)O)cc3)CC2)c1.C=CCN(C)CC.C=CC[C@@H](CC)CCC(C)C.CC.CC. The first kappa shape index (κ1) is 55.6. The molecule has 2 heterocycles. The van der Waals surface area contributed by atoms with Gasteiger partial charge in [0.15, 0.2) is 0 Å². The fourth-order valence-corrected chi connectivity index (χ4v) is 6.34. The lowest BCUT2D eigenvalue weighted by molar-refractivity contribution is 0.0697. The molecule has 5 heteroatoms. The molecule has 2 aromatic rings. The van der Waals surface area contributed by atoms with Crippen molar-refractivity contribution < 1.29 is 9.90 Å². The first-order valence-corrected chi connectivity index (χ1v) is 21.9. The maximum Gasteiger partial charge on any atom is 0.335 e. The second-order valence-electron chi connectivity index (χ2n) is 14.4. The molecule has 310 valence electrons. The number of carboxylic acid groups (broad SMARTS) is 1. The van der Waals surface area contributed by atoms with Crippen molar-refractivity contribution in [2.75, 3.05) is 33.2 Å². The number of allylic oxidation sites excluding steroid dienone is 5. The molecule has 1 N–H and O–H groups in total. The van der Waals surface area contributed by atoms with Crippen LogP contribution in [0.25, 0.3) is 5.57 Å². The minimum Gasteiger partial charge on any atom is -0.478 e. The minimum atomic E-state index is -0.857. The van der Waals surface area contributed by atoms with Crippen LogP contribution in [0.2, 0.25) is 0 Å². The van der Waals surface area contributed by atoms with Gasteiger partial charge in [0.25, 0.3) is 0 Å². The van der Waals surface area contributed by atoms with Crippen LogP contribution in [0, 0.1) is 17.8 Å². The Kier molecular flexibility index (Phi) is 37.0. The Morgan fingerprint density at radius 2 is 1.50 bits per heavy atom. The quantitative estimate of drug-likeness (QED) is 0.183. The van der Waals surface area contributed by atoms with Crippen molar-refractivity contribution in [3.8, 4) is 0 Å². The van der Waals surface area contributed by atoms with Crippen LogP contribution in [0.15, 0.2) is 78.7 Å². The van der Waals surface area contributed by atoms with Crippen molar-refractivity contribution in [3.05, 3.63) is 100 Å². The smallest absolute Gasteiger partial charge is 0.335 e. The van der Waals surface area contributed by atoms with Gasteiger partial charge in [-0.15, -0.1) is 24.5 Å². The van der Waals surface area contributed by atoms with Crippen molar-refractivity contribution in [1.82, 2.24) is 9.80 Å². The molecule has 1 fully saturated rings. The van der Waals surface area contributed by atoms with Gasteiger partial charge in [-0.25, -0.2) is 4.79 Å². The van der Waals surface area contributed by atoms with Gasteiger partial charge in [0.1, 0.15) is 0 Å². The molecule has 1 atom stereocenters. The van der Waals surface area contributed by atoms with Gasteiger partial charge < -0.3 is 10.0 Å². The number of aromatic carboxylic acids is 1. The second kappa shape index (κ2) is 35.9. The first-order chi connectivity index (χ1) is 25.8. The molecule has 1 aromatic heterocycles. The summed E-state index contributed by atoms with van der Waals surface area (Å²) in [7, 11) is 2.07. The average molecular weight is 767 g/mol. The fraction of sp³-hybridized carbons (Fsp3) is 0.612. The van der Waals surface area contributed by atoms with Crippen molar-refractivity contribution in [2.45, 2.75) is 148 Å². The normalized spacial score (nSPS) is 13.7. The highest BCUT2D eigenvalue weighted by atomic mass is 32.1. The Balaban J connectivity index is -0.000000743. The summed E-state index contributed by atoms with van der Waals surface area (Å²) in [6, 6.07) is 9.72. The van der Waals surface area contributed by atoms with E-state index in [9.17, 15) is 4.79 Å². The molecule has 1 aromatic carbocycles. The van der Waals surface area contributed by atoms with Crippen molar-refractivity contribution >= 4 is 22.9 Å². The maximum absolute atomic E-state index is 11.0. The number of carboxylic acids is 1. The standard InChI is InChI=1S/C21H25NO2S.C11H22.C7H14.C6H13N.2C2H6/c1-3-15(2)19-12-20(25-14-19)13-22-10-8-17(9-11-22)16-4-6-18(7-5-16)21(23)24;1-5-7-11(6-2)9-8-10(3)4;1-5-7(4)6(2)3;1-4-6-7(3)5-2;2*1-2/h3-7,12,14,17H,8-11,13H2,1-2H3,(H,23,24);5,10-11H,1,6-9H2,2-4H3;5-6H,1-4H3;4H,1,5-6H2,2-3H3;2*1-2H3/b15-3+;;7-5+;;;/t;11-;;;;/m.1..../s1. The first-order valence-electron chi connectivity index (χ1n) is 21.1. The predicted octanol–water partition coefficient (Wildman–Crippen LogP) is 15.1. The van der Waals surface area contributed by atoms with Crippen LogP contribution in [0.5, 0.6) is 0 Å². The fourth-order valence-electron chi connectivity index (χ4n) is 5.36. The summed E-state index contributed by atoms with van der Waals surface area (Å²) < 4.78 is 0. The molecular weight excluding hydrogens is 681 g/mol. The summed E-state index contributed by atoms with van der Waals surface area (Å²) in [5.41, 5.74) is 5.79. The summed E-state index contributed by atoms with van der Waals surface area (Å²) in [6.07, 6.45) is 15.8. The van der Waals surface area contributed by atoms with Gasteiger partial charge in [-0.2, -0.15) is 0 Å². The third-order valence-corrected chi connectivity index (χ3v) is 10.6. The topological polar surface area (TPSA) is 43.8 Å². The average Bonchev–Trinajstić information content (AvgIpc) is 3.66. The van der Waals surface area contributed by atoms with E-state index in [1.165, 1.54) is 52.8 Å². The number of likely N-dealkylation sites (N-methyl/N-ethyl adjacent to an activating group) is 1. The van der Waals surface area contributed by atoms with E-state index in [4.69, 9.17) is 5.11 Å². The largest absolute Gasteiger partial charge is 0.478 e. The van der Waals surface area contributed by atoms with Crippen LogP contribution in [-0.2, 0) is 6.54 Å². The van der Waals surface area contributed by atoms with Crippen molar-refractivity contribution in [2.24, 2.45) is 17.8 Å². The zero-order chi connectivity index (χ0) is 42.1. The highest BCUT2D eigenvalue weighted by Gasteiger charge is 2.21. The summed E-state index contributed by atoms with van der Waals surface area (Å²) in [4.78, 5) is 17.1. The lowest BCUT2D eigenvalue weighted by Gasteiger charge is -2.31. The molecule has 1 aliphatic heterocycles. The number of rotatable bonds is 15. The van der Waals surface area contributed by atoms with Gasteiger partial charge in [-0.05, 0) is 144 Å². The number of hydrogen-bond acceptors (Lipinski definition) is 4. The van der Waals surface area contributed by atoms with E-state index in [-0.39, 0.29) is 0 Å². The highest BCUT2D eigenvalue weighted by molar-refractivity contribution is 7.10. The van der Waals surface area contributed by atoms with Gasteiger partial charge in [-0.3, -0.25) is 4.90 Å². The van der Waals surface area contributed by atoms with Gasteiger partial charge in [0.05, 0.1) is 5.56 Å². The molecule has 0 aliphatic carbocycles. The molecule has 4 nitrogen and oxygen atoms in total. The third kappa shape index (κ3) is 26.9. The van der Waals surface area contributed by atoms with Crippen LogP contribution in [-0.4, -0.2) is 54.1 Å². The van der Waals surface area contributed by atoms with Crippen LogP contribution in [0.4, 0.5) is 0 Å². The number of thiophene rings is 1. The Labute approximate surface area is 340 Å². The van der Waals surface area contributed by atoms with Gasteiger partial charge in [-0.1, -0.05) is 124 Å². The van der Waals surface area contributed by atoms with Crippen LogP contribution in [0.1, 0.15) is 168 Å². The Hall–Kier alpha value is -2.73. The zero-order valence-electron chi connectivity index (χ0n) is 37.9. The highest BCUT2D eigenvalue weighted by Crippen LogP contribution is 2.30. The molecule has 0 saturated carbocycles. The Bertz CT molecular complexity index is 1250. The van der Waals surface area contributed by atoms with Crippen molar-refractivity contribution in [1.29, 1.82) is 0 Å².